The molecule has 0 saturated carbocycles. The van der Waals surface area contributed by atoms with Gasteiger partial charge in [-0.25, -0.2) is 0 Å². The normalized spacial score (nSPS) is 13.6. The Morgan fingerprint density at radius 2 is 1.55 bits per heavy atom. The van der Waals surface area contributed by atoms with E-state index in [4.69, 9.17) is 9.84 Å². The number of ether oxygens (including phenoxy) is 1. The zero-order chi connectivity index (χ0) is 9.12. The van der Waals surface area contributed by atoms with Crippen molar-refractivity contribution >= 4 is 0 Å². The second kappa shape index (κ2) is 3.55. The maximum absolute atomic E-state index is 8.72. The molecule has 0 atom stereocenters. The molecule has 0 fully saturated rings. The molecule has 0 aliphatic heterocycles. The summed E-state index contributed by atoms with van der Waals surface area (Å²) in [5, 5.41) is 8.72. The highest BCUT2D eigenvalue weighted by Crippen LogP contribution is 2.22. The highest BCUT2D eigenvalue weighted by Gasteiger charge is 2.24. The zero-order valence-electron chi connectivity index (χ0n) is 8.27. The van der Waals surface area contributed by atoms with Gasteiger partial charge in [-0.15, -0.1) is 0 Å². The van der Waals surface area contributed by atoms with Gasteiger partial charge in [0.25, 0.3) is 0 Å². The first-order valence-corrected chi connectivity index (χ1v) is 4.08. The zero-order valence-corrected chi connectivity index (χ0v) is 8.27. The first-order valence-electron chi connectivity index (χ1n) is 4.08. The summed E-state index contributed by atoms with van der Waals surface area (Å²) in [4.78, 5) is 0. The van der Waals surface area contributed by atoms with Crippen molar-refractivity contribution in [2.45, 2.75) is 52.2 Å². The molecule has 0 rings (SSSR count). The Bertz CT molecular complexity index is 111. The number of hydrogen-bond donors (Lipinski definition) is 1. The fourth-order valence-corrected chi connectivity index (χ4v) is 1.15. The molecule has 0 saturated heterocycles. The Labute approximate surface area is 69.6 Å². The summed E-state index contributed by atoms with van der Waals surface area (Å²) in [6.07, 6.45) is 0.685. The molecule has 0 aromatic carbocycles. The second-order valence-corrected chi connectivity index (χ2v) is 4.45. The summed E-state index contributed by atoms with van der Waals surface area (Å²) in [5.74, 6) is 0. The summed E-state index contributed by atoms with van der Waals surface area (Å²) >= 11 is 0. The molecule has 0 heterocycles. The third-order valence-electron chi connectivity index (χ3n) is 1.30. The van der Waals surface area contributed by atoms with Crippen molar-refractivity contribution < 1.29 is 9.84 Å². The van der Waals surface area contributed by atoms with Crippen LogP contribution in [0.3, 0.4) is 0 Å². The molecule has 2 heteroatoms. The van der Waals surface area contributed by atoms with E-state index in [0.29, 0.717) is 6.42 Å². The molecule has 11 heavy (non-hydrogen) atoms. The first-order chi connectivity index (χ1) is 4.77. The smallest absolute Gasteiger partial charge is 0.0655 e. The van der Waals surface area contributed by atoms with E-state index < -0.39 is 0 Å². The van der Waals surface area contributed by atoms with Crippen LogP contribution in [0.1, 0.15) is 41.0 Å². The molecule has 0 aromatic rings. The molecule has 0 bridgehead atoms. The Balaban J connectivity index is 3.91. The van der Waals surface area contributed by atoms with Gasteiger partial charge in [-0.05, 0) is 41.0 Å². The van der Waals surface area contributed by atoms with Crippen LogP contribution in [-0.2, 0) is 4.74 Å². The van der Waals surface area contributed by atoms with E-state index in [0.717, 1.165) is 0 Å². The maximum atomic E-state index is 8.72. The lowest BCUT2D eigenvalue weighted by atomic mass is 10.0. The van der Waals surface area contributed by atoms with Gasteiger partial charge in [-0.3, -0.25) is 0 Å². The molecular formula is C9H20O2. The Hall–Kier alpha value is -0.0800. The Kier molecular flexibility index (Phi) is 3.52. The first kappa shape index (κ1) is 10.9. The van der Waals surface area contributed by atoms with Gasteiger partial charge in [0.2, 0.25) is 0 Å². The van der Waals surface area contributed by atoms with E-state index in [9.17, 15) is 0 Å². The van der Waals surface area contributed by atoms with Crippen molar-refractivity contribution in [2.75, 3.05) is 6.61 Å². The predicted molar refractivity (Wildman–Crippen MR) is 46.6 cm³/mol. The minimum atomic E-state index is -0.215. The van der Waals surface area contributed by atoms with Gasteiger partial charge in [-0.1, -0.05) is 0 Å². The predicted octanol–water partition coefficient (Wildman–Crippen LogP) is 1.96. The van der Waals surface area contributed by atoms with Crippen molar-refractivity contribution in [3.05, 3.63) is 0 Å². The van der Waals surface area contributed by atoms with Crippen molar-refractivity contribution in [1.29, 1.82) is 0 Å². The lowest BCUT2D eigenvalue weighted by molar-refractivity contribution is -0.120. The van der Waals surface area contributed by atoms with Crippen LogP contribution in [0.5, 0.6) is 0 Å². The summed E-state index contributed by atoms with van der Waals surface area (Å²) in [6.45, 7) is 10.2. The molecule has 0 spiro atoms. The summed E-state index contributed by atoms with van der Waals surface area (Å²) in [7, 11) is 0. The van der Waals surface area contributed by atoms with Gasteiger partial charge in [0.15, 0.2) is 0 Å². The van der Waals surface area contributed by atoms with Gasteiger partial charge in [0.1, 0.15) is 0 Å². The van der Waals surface area contributed by atoms with Crippen LogP contribution in [0.4, 0.5) is 0 Å². The Morgan fingerprint density at radius 1 is 1.09 bits per heavy atom. The molecule has 0 aliphatic carbocycles. The van der Waals surface area contributed by atoms with Crippen LogP contribution in [0.2, 0.25) is 0 Å². The van der Waals surface area contributed by atoms with Crippen LogP contribution in [0.25, 0.3) is 0 Å². The topological polar surface area (TPSA) is 29.5 Å². The molecule has 68 valence electrons. The minimum Gasteiger partial charge on any atom is -0.396 e. The van der Waals surface area contributed by atoms with Crippen LogP contribution in [-0.4, -0.2) is 22.9 Å². The Morgan fingerprint density at radius 3 is 1.82 bits per heavy atom. The van der Waals surface area contributed by atoms with Gasteiger partial charge in [0, 0.05) is 6.61 Å². The maximum Gasteiger partial charge on any atom is 0.0655 e. The van der Waals surface area contributed by atoms with Crippen molar-refractivity contribution in [3.63, 3.8) is 0 Å². The average molecular weight is 160 g/mol. The van der Waals surface area contributed by atoms with E-state index in [1.54, 1.807) is 0 Å². The summed E-state index contributed by atoms with van der Waals surface area (Å²) in [6, 6.07) is 0. The summed E-state index contributed by atoms with van der Waals surface area (Å²) < 4.78 is 5.71. The van der Waals surface area contributed by atoms with E-state index in [-0.39, 0.29) is 17.8 Å². The van der Waals surface area contributed by atoms with E-state index >= 15 is 0 Å². The van der Waals surface area contributed by atoms with E-state index in [1.165, 1.54) is 0 Å². The summed E-state index contributed by atoms with van der Waals surface area (Å²) in [5.41, 5.74) is -0.342. The number of rotatable bonds is 3. The molecule has 0 aromatic heterocycles. The third kappa shape index (κ3) is 6.32. The fraction of sp³-hybridized carbons (Fsp3) is 1.00. The van der Waals surface area contributed by atoms with Crippen molar-refractivity contribution in [3.8, 4) is 0 Å². The van der Waals surface area contributed by atoms with Crippen molar-refractivity contribution in [2.24, 2.45) is 0 Å². The number of aliphatic hydroxyl groups is 1. The second-order valence-electron chi connectivity index (χ2n) is 4.45. The lowest BCUT2D eigenvalue weighted by Gasteiger charge is -2.33. The van der Waals surface area contributed by atoms with Crippen LogP contribution < -0.4 is 0 Å². The van der Waals surface area contributed by atoms with Gasteiger partial charge in [0.05, 0.1) is 11.2 Å². The van der Waals surface area contributed by atoms with Gasteiger partial charge in [-0.2, -0.15) is 0 Å². The van der Waals surface area contributed by atoms with Crippen LogP contribution in [0, 0.1) is 0 Å². The largest absolute Gasteiger partial charge is 0.396 e. The van der Waals surface area contributed by atoms with Crippen molar-refractivity contribution in [1.82, 2.24) is 0 Å². The molecule has 0 radical (unpaired) electrons. The van der Waals surface area contributed by atoms with Gasteiger partial charge >= 0.3 is 0 Å². The van der Waals surface area contributed by atoms with E-state index in [1.807, 2.05) is 34.6 Å². The van der Waals surface area contributed by atoms with Crippen LogP contribution in [0.15, 0.2) is 0 Å². The molecular weight excluding hydrogens is 140 g/mol. The van der Waals surface area contributed by atoms with Gasteiger partial charge < -0.3 is 9.84 Å². The van der Waals surface area contributed by atoms with Crippen LogP contribution >= 0.6 is 0 Å². The highest BCUT2D eigenvalue weighted by molar-refractivity contribution is 4.73. The monoisotopic (exact) mass is 160 g/mol. The fourth-order valence-electron chi connectivity index (χ4n) is 1.15. The number of hydrogen-bond acceptors (Lipinski definition) is 2. The quantitative estimate of drug-likeness (QED) is 0.684. The molecule has 2 nitrogen and oxygen atoms in total. The molecule has 0 unspecified atom stereocenters. The lowest BCUT2D eigenvalue weighted by Crippen LogP contribution is -2.35. The third-order valence-corrected chi connectivity index (χ3v) is 1.30. The average Bonchev–Trinajstić information content (AvgIpc) is 1.55. The standard InChI is InChI=1S/C9H20O2/c1-8(2,3)11-9(4,5)6-7-10/h10H,6-7H2,1-5H3. The SMILES string of the molecule is CC(C)(C)OC(C)(C)CCO. The minimum absolute atomic E-state index is 0.126. The molecule has 1 N–H and O–H groups in total. The highest BCUT2D eigenvalue weighted by atomic mass is 16.5. The molecule has 0 amide bonds. The number of aliphatic hydroxyl groups excluding tert-OH is 1. The van der Waals surface area contributed by atoms with E-state index in [2.05, 4.69) is 0 Å². The molecule has 0 aliphatic rings.